The molecular weight excluding hydrogens is 557 g/mol. The second kappa shape index (κ2) is 16.0. The van der Waals surface area contributed by atoms with Gasteiger partial charge in [-0.05, 0) is 26.2 Å². The van der Waals surface area contributed by atoms with Crippen LogP contribution in [0.2, 0.25) is 0 Å². The van der Waals surface area contributed by atoms with Crippen LogP contribution in [-0.2, 0) is 20.0 Å². The molecule has 0 saturated carbocycles. The second-order valence-electron chi connectivity index (χ2n) is 8.13. The maximum atomic E-state index is 11.4. The van der Waals surface area contributed by atoms with Crippen molar-refractivity contribution in [2.24, 2.45) is 0 Å². The van der Waals surface area contributed by atoms with Gasteiger partial charge in [-0.3, -0.25) is 0 Å². The van der Waals surface area contributed by atoms with Crippen molar-refractivity contribution in [3.05, 3.63) is 4.13 Å². The molecule has 0 radical (unpaired) electrons. The molecule has 0 heterocycles. The average molecular weight is 599 g/mol. The summed E-state index contributed by atoms with van der Waals surface area (Å²) >= 11 is 0. The highest BCUT2D eigenvalue weighted by molar-refractivity contribution is 8.13. The van der Waals surface area contributed by atoms with Crippen LogP contribution >= 0.6 is 7.71 Å². The van der Waals surface area contributed by atoms with E-state index < -0.39 is 38.8 Å². The topological polar surface area (TPSA) is 92.1 Å². The molecule has 0 atom stereocenters. The Hall–Kier alpha value is -0.250. The van der Waals surface area contributed by atoms with E-state index in [1.54, 1.807) is 0 Å². The van der Waals surface area contributed by atoms with Crippen molar-refractivity contribution >= 4 is 27.8 Å². The van der Waals surface area contributed by atoms with Crippen LogP contribution in [0.1, 0.15) is 66.2 Å². The summed E-state index contributed by atoms with van der Waals surface area (Å²) in [5.74, 6) is 0. The van der Waals surface area contributed by atoms with Crippen molar-refractivity contribution in [1.82, 2.24) is 14.0 Å². The summed E-state index contributed by atoms with van der Waals surface area (Å²) in [6.07, 6.45) is 9.03. The summed E-state index contributed by atoms with van der Waals surface area (Å²) in [7, 11) is -7.71. The highest BCUT2D eigenvalue weighted by Crippen LogP contribution is 2.65. The lowest BCUT2D eigenvalue weighted by Gasteiger charge is -2.44. The molecule has 0 unspecified atom stereocenters. The number of rotatable bonds is 15. The first-order valence-corrected chi connectivity index (χ1v) is 16.3. The van der Waals surface area contributed by atoms with Gasteiger partial charge < -0.3 is 4.13 Å². The zero-order valence-corrected chi connectivity index (χ0v) is 24.6. The van der Waals surface area contributed by atoms with Gasteiger partial charge in [-0.1, -0.05) is 40.0 Å². The normalized spacial score (nSPS) is 13.9. The SMILES string of the molecule is CCCCN(C)[P+](CC)(N(C)CCCC)N(C)CCCC.O=S(=O)([N-]S(=O)(=O)C(F)(F)F)C(F)(F)F. The first-order chi connectivity index (χ1) is 16.2. The predicted molar refractivity (Wildman–Crippen MR) is 133 cm³/mol. The predicted octanol–water partition coefficient (Wildman–Crippen LogP) is 6.02. The molecule has 36 heavy (non-hydrogen) atoms. The van der Waals surface area contributed by atoms with E-state index in [-0.39, 0.29) is 0 Å². The van der Waals surface area contributed by atoms with E-state index in [1.165, 1.54) is 64.3 Å². The van der Waals surface area contributed by atoms with Gasteiger partial charge >= 0.3 is 11.0 Å². The highest BCUT2D eigenvalue weighted by atomic mass is 32.3. The monoisotopic (exact) mass is 598 g/mol. The van der Waals surface area contributed by atoms with Crippen LogP contribution in [0.4, 0.5) is 26.3 Å². The molecular formula is C19H41F6N4O4PS2. The maximum absolute atomic E-state index is 11.4. The van der Waals surface area contributed by atoms with Gasteiger partial charge in [-0.25, -0.2) is 16.8 Å². The molecule has 0 N–H and O–H groups in total. The maximum Gasteiger partial charge on any atom is 0.480 e. The van der Waals surface area contributed by atoms with Crippen LogP contribution in [0.15, 0.2) is 0 Å². The van der Waals surface area contributed by atoms with Crippen LogP contribution in [0.25, 0.3) is 4.13 Å². The lowest BCUT2D eigenvalue weighted by molar-refractivity contribution is -0.0444. The Kier molecular flexibility index (Phi) is 16.8. The fourth-order valence-electron chi connectivity index (χ4n) is 3.36. The first kappa shape index (κ1) is 37.9. The van der Waals surface area contributed by atoms with Crippen molar-refractivity contribution in [3.8, 4) is 0 Å². The number of unbranched alkanes of at least 4 members (excludes halogenated alkanes) is 3. The quantitative estimate of drug-likeness (QED) is 0.168. The molecule has 220 valence electrons. The van der Waals surface area contributed by atoms with Crippen molar-refractivity contribution in [1.29, 1.82) is 0 Å². The van der Waals surface area contributed by atoms with Crippen molar-refractivity contribution in [3.63, 3.8) is 0 Å². The number of alkyl halides is 6. The Morgan fingerprint density at radius 2 is 0.861 bits per heavy atom. The van der Waals surface area contributed by atoms with E-state index in [1.807, 2.05) is 0 Å². The molecule has 0 rings (SSSR count). The summed E-state index contributed by atoms with van der Waals surface area (Å²) in [4.78, 5) is 0. The van der Waals surface area contributed by atoms with Gasteiger partial charge in [0.15, 0.2) is 20.0 Å². The molecule has 0 aromatic heterocycles. The molecule has 0 spiro atoms. The Morgan fingerprint density at radius 1 is 0.611 bits per heavy atom. The number of sulfonamides is 2. The lowest BCUT2D eigenvalue weighted by atomic mass is 10.3. The van der Waals surface area contributed by atoms with Gasteiger partial charge in [0, 0.05) is 40.8 Å². The van der Waals surface area contributed by atoms with E-state index in [4.69, 9.17) is 0 Å². The average Bonchev–Trinajstić information content (AvgIpc) is 2.73. The summed E-state index contributed by atoms with van der Waals surface area (Å²) in [6, 6.07) is 0. The summed E-state index contributed by atoms with van der Waals surface area (Å²) in [5, 5.41) is 0. The molecule has 0 aliphatic rings. The molecule has 0 aliphatic carbocycles. The lowest BCUT2D eigenvalue weighted by Crippen LogP contribution is -2.43. The molecule has 0 fully saturated rings. The van der Waals surface area contributed by atoms with Crippen molar-refractivity contribution in [2.75, 3.05) is 46.9 Å². The van der Waals surface area contributed by atoms with E-state index >= 15 is 0 Å². The van der Waals surface area contributed by atoms with E-state index in [0.29, 0.717) is 0 Å². The molecule has 17 heteroatoms. The summed E-state index contributed by atoms with van der Waals surface area (Å²) < 4.78 is 117. The Labute approximate surface area is 213 Å². The number of halogens is 6. The largest absolute Gasteiger partial charge is 0.480 e. The molecule has 0 saturated heterocycles. The Balaban J connectivity index is 0. The van der Waals surface area contributed by atoms with Crippen LogP contribution < -0.4 is 0 Å². The molecule has 0 amide bonds. The van der Waals surface area contributed by atoms with Gasteiger partial charge in [0.25, 0.3) is 0 Å². The molecule has 0 aliphatic heterocycles. The van der Waals surface area contributed by atoms with Crippen LogP contribution in [0, 0.1) is 0 Å². The van der Waals surface area contributed by atoms with Crippen LogP contribution in [0.5, 0.6) is 0 Å². The summed E-state index contributed by atoms with van der Waals surface area (Å²) in [5.41, 5.74) is -12.4. The fourth-order valence-corrected chi connectivity index (χ4v) is 9.47. The minimum atomic E-state index is -6.72. The van der Waals surface area contributed by atoms with Gasteiger partial charge in [0.1, 0.15) is 6.16 Å². The number of hydrogen-bond donors (Lipinski definition) is 0. The smallest absolute Gasteiger partial charge is 0.421 e. The van der Waals surface area contributed by atoms with E-state index in [2.05, 4.69) is 62.8 Å². The highest BCUT2D eigenvalue weighted by Gasteiger charge is 2.49. The van der Waals surface area contributed by atoms with Crippen LogP contribution in [-0.4, -0.2) is 88.8 Å². The number of nitrogens with zero attached hydrogens (tertiary/aromatic N) is 4. The third-order valence-corrected chi connectivity index (χ3v) is 12.8. The van der Waals surface area contributed by atoms with Crippen molar-refractivity contribution in [2.45, 2.75) is 77.2 Å². The zero-order valence-electron chi connectivity index (χ0n) is 22.0. The minimum absolute atomic E-state index is 0.778. The van der Waals surface area contributed by atoms with E-state index in [9.17, 15) is 43.2 Å². The third-order valence-electron chi connectivity index (χ3n) is 5.35. The summed E-state index contributed by atoms with van der Waals surface area (Å²) in [6.45, 7) is 13.0. The first-order valence-electron chi connectivity index (χ1n) is 11.6. The third kappa shape index (κ3) is 11.2. The Bertz CT molecular complexity index is 749. The zero-order chi connectivity index (χ0) is 29.0. The van der Waals surface area contributed by atoms with Gasteiger partial charge in [0.05, 0.1) is 0 Å². The fraction of sp³-hybridized carbons (Fsp3) is 1.00. The standard InChI is InChI=1S/C17H41N3P.C2F6NO4S2/c1-8-12-15-18(5)21(11-4,19(6)16-13-9-2)20(7)17-14-10-3;3-1(4,5)14(10,11)9-15(12,13)2(6,7)8/h8-17H2,1-7H3;/q+1;-1. The molecule has 8 nitrogen and oxygen atoms in total. The molecule has 0 bridgehead atoms. The van der Waals surface area contributed by atoms with Gasteiger partial charge in [-0.2, -0.15) is 40.4 Å². The minimum Gasteiger partial charge on any atom is -0.421 e. The van der Waals surface area contributed by atoms with Crippen molar-refractivity contribution < 1.29 is 43.2 Å². The van der Waals surface area contributed by atoms with Gasteiger partial charge in [-0.15, -0.1) is 0 Å². The molecule has 0 aromatic rings. The van der Waals surface area contributed by atoms with Crippen LogP contribution in [0.3, 0.4) is 0 Å². The van der Waals surface area contributed by atoms with Gasteiger partial charge in [0.2, 0.25) is 7.71 Å². The Morgan fingerprint density at radius 3 is 1.03 bits per heavy atom. The van der Waals surface area contributed by atoms with E-state index in [0.717, 1.165) is 4.13 Å². The second-order valence-corrected chi connectivity index (χ2v) is 15.6. The number of hydrogen-bond acceptors (Lipinski definition) is 7. The molecule has 0 aromatic carbocycles.